The molecule has 3 rings (SSSR count). The molecular weight excluding hydrogens is 408 g/mol. The van der Waals surface area contributed by atoms with Crippen molar-refractivity contribution < 1.29 is 14.3 Å². The molecule has 2 heterocycles. The lowest BCUT2D eigenvalue weighted by Gasteiger charge is -2.46. The number of amides is 2. The SMILES string of the molecule is Cc1cc(Br)ccc1N1CCCC2(CCN(C(=O)OC(C)(C)C)CC2)C1=O. The summed E-state index contributed by atoms with van der Waals surface area (Å²) in [6.07, 6.45) is 3.03. The van der Waals surface area contributed by atoms with Crippen LogP contribution in [0, 0.1) is 12.3 Å². The number of likely N-dealkylation sites (tertiary alicyclic amines) is 1. The Hall–Kier alpha value is -1.56. The molecule has 27 heavy (non-hydrogen) atoms. The molecule has 5 nitrogen and oxygen atoms in total. The number of benzene rings is 1. The van der Waals surface area contributed by atoms with E-state index in [1.807, 2.05) is 44.7 Å². The van der Waals surface area contributed by atoms with Crippen LogP contribution in [0.25, 0.3) is 0 Å². The van der Waals surface area contributed by atoms with Crippen molar-refractivity contribution in [2.75, 3.05) is 24.5 Å². The molecule has 0 saturated carbocycles. The molecule has 2 amide bonds. The molecule has 0 aliphatic carbocycles. The van der Waals surface area contributed by atoms with Gasteiger partial charge in [-0.2, -0.15) is 0 Å². The van der Waals surface area contributed by atoms with Crippen molar-refractivity contribution in [1.29, 1.82) is 0 Å². The lowest BCUT2D eigenvalue weighted by Crippen LogP contribution is -2.55. The first-order valence-corrected chi connectivity index (χ1v) is 10.5. The van der Waals surface area contributed by atoms with Gasteiger partial charge in [0.15, 0.2) is 0 Å². The summed E-state index contributed by atoms with van der Waals surface area (Å²) in [7, 11) is 0. The second kappa shape index (κ2) is 7.46. The van der Waals surface area contributed by atoms with Crippen molar-refractivity contribution in [2.24, 2.45) is 5.41 Å². The van der Waals surface area contributed by atoms with Crippen LogP contribution in [0.2, 0.25) is 0 Å². The third-order valence-corrected chi connectivity index (χ3v) is 6.05. The average molecular weight is 437 g/mol. The Kier molecular flexibility index (Phi) is 5.57. The van der Waals surface area contributed by atoms with E-state index in [9.17, 15) is 9.59 Å². The molecule has 0 unspecified atom stereocenters. The minimum absolute atomic E-state index is 0.211. The molecular formula is C21H29BrN2O3. The Morgan fingerprint density at radius 2 is 1.81 bits per heavy atom. The summed E-state index contributed by atoms with van der Waals surface area (Å²) < 4.78 is 6.51. The molecule has 148 valence electrons. The number of halogens is 1. The van der Waals surface area contributed by atoms with Crippen molar-refractivity contribution in [3.8, 4) is 0 Å². The van der Waals surface area contributed by atoms with Gasteiger partial charge in [-0.15, -0.1) is 0 Å². The van der Waals surface area contributed by atoms with Crippen molar-refractivity contribution in [2.45, 2.75) is 59.0 Å². The van der Waals surface area contributed by atoms with Gasteiger partial charge in [0.1, 0.15) is 5.60 Å². The fourth-order valence-corrected chi connectivity index (χ4v) is 4.61. The van der Waals surface area contributed by atoms with E-state index in [-0.39, 0.29) is 17.4 Å². The summed E-state index contributed by atoms with van der Waals surface area (Å²) in [5.41, 5.74) is 1.25. The van der Waals surface area contributed by atoms with E-state index >= 15 is 0 Å². The number of ether oxygens (including phenoxy) is 1. The van der Waals surface area contributed by atoms with Crippen LogP contribution in [0.1, 0.15) is 52.0 Å². The molecule has 2 fully saturated rings. The molecule has 1 spiro atoms. The van der Waals surface area contributed by atoms with Gasteiger partial charge in [-0.05, 0) is 77.1 Å². The van der Waals surface area contributed by atoms with E-state index in [1.165, 1.54) is 0 Å². The highest BCUT2D eigenvalue weighted by Gasteiger charge is 2.47. The number of nitrogens with zero attached hydrogens (tertiary/aromatic N) is 2. The summed E-state index contributed by atoms with van der Waals surface area (Å²) in [5, 5.41) is 0. The van der Waals surface area contributed by atoms with Gasteiger partial charge in [0.2, 0.25) is 5.91 Å². The number of aryl methyl sites for hydroxylation is 1. The maximum absolute atomic E-state index is 13.4. The van der Waals surface area contributed by atoms with Crippen molar-refractivity contribution >= 4 is 33.6 Å². The van der Waals surface area contributed by atoms with Crippen LogP contribution >= 0.6 is 15.9 Å². The lowest BCUT2D eigenvalue weighted by molar-refractivity contribution is -0.133. The van der Waals surface area contributed by atoms with Gasteiger partial charge >= 0.3 is 6.09 Å². The lowest BCUT2D eigenvalue weighted by atomic mass is 9.71. The summed E-state index contributed by atoms with van der Waals surface area (Å²) >= 11 is 3.49. The zero-order valence-corrected chi connectivity index (χ0v) is 18.3. The van der Waals surface area contributed by atoms with Gasteiger partial charge < -0.3 is 14.5 Å². The van der Waals surface area contributed by atoms with Crippen molar-refractivity contribution in [3.63, 3.8) is 0 Å². The van der Waals surface area contributed by atoms with Crippen LogP contribution in [-0.2, 0) is 9.53 Å². The molecule has 2 aliphatic heterocycles. The second-order valence-corrected chi connectivity index (χ2v) is 9.65. The third-order valence-electron chi connectivity index (χ3n) is 5.56. The predicted octanol–water partition coefficient (Wildman–Crippen LogP) is 4.90. The highest BCUT2D eigenvalue weighted by atomic mass is 79.9. The zero-order valence-electron chi connectivity index (χ0n) is 16.7. The topological polar surface area (TPSA) is 49.9 Å². The summed E-state index contributed by atoms with van der Waals surface area (Å²) in [6.45, 7) is 9.58. The van der Waals surface area contributed by atoms with Gasteiger partial charge in [0.05, 0.1) is 5.41 Å². The van der Waals surface area contributed by atoms with Crippen LogP contribution in [0.4, 0.5) is 10.5 Å². The molecule has 1 aromatic carbocycles. The van der Waals surface area contributed by atoms with Crippen molar-refractivity contribution in [1.82, 2.24) is 4.90 Å². The standard InChI is InChI=1S/C21H29BrN2O3/c1-15-14-16(22)6-7-17(15)24-11-5-8-21(18(24)25)9-12-23(13-10-21)19(26)27-20(2,3)4/h6-7,14H,5,8-13H2,1-4H3. The van der Waals surface area contributed by atoms with Gasteiger partial charge in [-0.1, -0.05) is 15.9 Å². The van der Waals surface area contributed by atoms with Gasteiger partial charge in [-0.25, -0.2) is 4.79 Å². The first-order valence-electron chi connectivity index (χ1n) is 9.67. The van der Waals surface area contributed by atoms with E-state index in [1.54, 1.807) is 4.90 Å². The van der Waals surface area contributed by atoms with Crippen LogP contribution in [0.5, 0.6) is 0 Å². The van der Waals surface area contributed by atoms with E-state index < -0.39 is 5.60 Å². The third kappa shape index (κ3) is 4.31. The Labute approximate surface area is 170 Å². The van der Waals surface area contributed by atoms with E-state index in [2.05, 4.69) is 22.0 Å². The quantitative estimate of drug-likeness (QED) is 0.628. The monoisotopic (exact) mass is 436 g/mol. The number of hydrogen-bond acceptors (Lipinski definition) is 3. The minimum Gasteiger partial charge on any atom is -0.444 e. The fraction of sp³-hybridized carbons (Fsp3) is 0.619. The molecule has 0 radical (unpaired) electrons. The largest absolute Gasteiger partial charge is 0.444 e. The van der Waals surface area contributed by atoms with Gasteiger partial charge in [-0.3, -0.25) is 4.79 Å². The number of carbonyl (C=O) groups excluding carboxylic acids is 2. The first-order chi connectivity index (χ1) is 12.6. The van der Waals surface area contributed by atoms with Gasteiger partial charge in [0, 0.05) is 29.8 Å². The van der Waals surface area contributed by atoms with E-state index in [0.29, 0.717) is 25.9 Å². The minimum atomic E-state index is -0.497. The maximum atomic E-state index is 13.4. The Morgan fingerprint density at radius 3 is 2.41 bits per heavy atom. The number of anilines is 1. The average Bonchev–Trinajstić information content (AvgIpc) is 2.57. The smallest absolute Gasteiger partial charge is 0.410 e. The number of hydrogen-bond donors (Lipinski definition) is 0. The second-order valence-electron chi connectivity index (χ2n) is 8.74. The number of carbonyl (C=O) groups is 2. The Bertz CT molecular complexity index is 733. The van der Waals surface area contributed by atoms with E-state index in [4.69, 9.17) is 4.74 Å². The maximum Gasteiger partial charge on any atom is 0.410 e. The van der Waals surface area contributed by atoms with Crippen LogP contribution in [0.15, 0.2) is 22.7 Å². The molecule has 0 bridgehead atoms. The Morgan fingerprint density at radius 1 is 1.15 bits per heavy atom. The highest BCUT2D eigenvalue weighted by Crippen LogP contribution is 2.43. The zero-order chi connectivity index (χ0) is 19.8. The summed E-state index contributed by atoms with van der Waals surface area (Å²) in [6, 6.07) is 6.06. The molecule has 2 aliphatic rings. The summed E-state index contributed by atoms with van der Waals surface area (Å²) in [4.78, 5) is 29.5. The summed E-state index contributed by atoms with van der Waals surface area (Å²) in [5.74, 6) is 0.211. The predicted molar refractivity (Wildman–Crippen MR) is 110 cm³/mol. The number of piperidine rings is 2. The molecule has 2 saturated heterocycles. The normalized spacial score (nSPS) is 20.1. The molecule has 0 N–H and O–H groups in total. The first kappa shape index (κ1) is 20.2. The van der Waals surface area contributed by atoms with Gasteiger partial charge in [0.25, 0.3) is 0 Å². The van der Waals surface area contributed by atoms with E-state index in [0.717, 1.165) is 35.1 Å². The molecule has 0 atom stereocenters. The van der Waals surface area contributed by atoms with Crippen molar-refractivity contribution in [3.05, 3.63) is 28.2 Å². The fourth-order valence-electron chi connectivity index (χ4n) is 4.13. The van der Waals surface area contributed by atoms with Crippen LogP contribution in [-0.4, -0.2) is 42.1 Å². The highest BCUT2D eigenvalue weighted by molar-refractivity contribution is 9.10. The number of rotatable bonds is 1. The Balaban J connectivity index is 1.72. The molecule has 1 aromatic rings. The molecule has 6 heteroatoms. The van der Waals surface area contributed by atoms with Crippen LogP contribution < -0.4 is 4.90 Å². The van der Waals surface area contributed by atoms with Crippen LogP contribution in [0.3, 0.4) is 0 Å². The molecule has 0 aromatic heterocycles.